The Bertz CT molecular complexity index is 525. The third kappa shape index (κ3) is 4.52. The van der Waals surface area contributed by atoms with Crippen LogP contribution in [0.2, 0.25) is 0 Å². The Morgan fingerprint density at radius 3 is 2.25 bits per heavy atom. The molecular formula is C17H20N2O. The standard InChI is InChI=1S/C17H20N2O/c1-19(14-15-8-4-2-5-9-15)13-12-18-17(20)16-10-6-3-7-11-16/h2-11H,12-14H2,1H3,(H,18,20). The summed E-state index contributed by atoms with van der Waals surface area (Å²) in [7, 11) is 2.06. The topological polar surface area (TPSA) is 32.3 Å². The van der Waals surface area contributed by atoms with Crippen LogP contribution in [0.15, 0.2) is 60.7 Å². The number of hydrogen-bond acceptors (Lipinski definition) is 2. The lowest BCUT2D eigenvalue weighted by Crippen LogP contribution is -2.32. The van der Waals surface area contributed by atoms with Gasteiger partial charge in [0.05, 0.1) is 0 Å². The fraction of sp³-hybridized carbons (Fsp3) is 0.235. The second-order valence-electron chi connectivity index (χ2n) is 4.85. The maximum absolute atomic E-state index is 11.9. The summed E-state index contributed by atoms with van der Waals surface area (Å²) >= 11 is 0. The van der Waals surface area contributed by atoms with Gasteiger partial charge < -0.3 is 10.2 Å². The van der Waals surface area contributed by atoms with E-state index in [9.17, 15) is 4.79 Å². The minimum absolute atomic E-state index is 0.0151. The van der Waals surface area contributed by atoms with Gasteiger partial charge in [-0.15, -0.1) is 0 Å². The van der Waals surface area contributed by atoms with Gasteiger partial charge in [-0.3, -0.25) is 4.79 Å². The summed E-state index contributed by atoms with van der Waals surface area (Å²) < 4.78 is 0. The molecule has 2 rings (SSSR count). The molecule has 0 aromatic heterocycles. The van der Waals surface area contributed by atoms with Gasteiger partial charge in [0.1, 0.15) is 0 Å². The molecular weight excluding hydrogens is 248 g/mol. The highest BCUT2D eigenvalue weighted by atomic mass is 16.1. The molecule has 2 aromatic carbocycles. The molecule has 2 aromatic rings. The molecule has 0 radical (unpaired) electrons. The van der Waals surface area contributed by atoms with Crippen molar-refractivity contribution in [2.45, 2.75) is 6.54 Å². The van der Waals surface area contributed by atoms with E-state index in [0.29, 0.717) is 12.1 Å². The van der Waals surface area contributed by atoms with Crippen LogP contribution in [0, 0.1) is 0 Å². The van der Waals surface area contributed by atoms with Crippen LogP contribution in [0.4, 0.5) is 0 Å². The van der Waals surface area contributed by atoms with E-state index in [1.807, 2.05) is 48.5 Å². The molecule has 20 heavy (non-hydrogen) atoms. The summed E-state index contributed by atoms with van der Waals surface area (Å²) in [6, 6.07) is 19.6. The summed E-state index contributed by atoms with van der Waals surface area (Å²) in [5.41, 5.74) is 1.99. The van der Waals surface area contributed by atoms with E-state index in [1.165, 1.54) is 5.56 Å². The zero-order valence-corrected chi connectivity index (χ0v) is 11.8. The van der Waals surface area contributed by atoms with Gasteiger partial charge in [-0.1, -0.05) is 48.5 Å². The molecule has 104 valence electrons. The van der Waals surface area contributed by atoms with E-state index in [4.69, 9.17) is 0 Å². The lowest BCUT2D eigenvalue weighted by Gasteiger charge is -2.17. The van der Waals surface area contributed by atoms with Gasteiger partial charge in [0.25, 0.3) is 5.91 Å². The first-order valence-corrected chi connectivity index (χ1v) is 6.81. The van der Waals surface area contributed by atoms with Crippen molar-refractivity contribution in [3.63, 3.8) is 0 Å². The van der Waals surface area contributed by atoms with Crippen LogP contribution in [0.25, 0.3) is 0 Å². The summed E-state index contributed by atoms with van der Waals surface area (Å²) in [6.07, 6.45) is 0. The molecule has 3 heteroatoms. The second kappa shape index (κ2) is 7.46. The second-order valence-corrected chi connectivity index (χ2v) is 4.85. The van der Waals surface area contributed by atoms with E-state index in [-0.39, 0.29) is 5.91 Å². The van der Waals surface area contributed by atoms with Gasteiger partial charge in [-0.2, -0.15) is 0 Å². The summed E-state index contributed by atoms with van der Waals surface area (Å²) in [5, 5.41) is 2.94. The zero-order valence-electron chi connectivity index (χ0n) is 11.8. The molecule has 0 atom stereocenters. The zero-order chi connectivity index (χ0) is 14.2. The molecule has 0 fully saturated rings. The van der Waals surface area contributed by atoms with Gasteiger partial charge in [0, 0.05) is 25.2 Å². The highest BCUT2D eigenvalue weighted by Gasteiger charge is 2.04. The normalized spacial score (nSPS) is 10.5. The number of amides is 1. The fourth-order valence-corrected chi connectivity index (χ4v) is 2.03. The van der Waals surface area contributed by atoms with Crippen molar-refractivity contribution in [2.24, 2.45) is 0 Å². The van der Waals surface area contributed by atoms with Crippen molar-refractivity contribution < 1.29 is 4.79 Å². The summed E-state index contributed by atoms with van der Waals surface area (Å²) in [5.74, 6) is -0.0151. The van der Waals surface area contributed by atoms with E-state index in [1.54, 1.807) is 0 Å². The molecule has 3 nitrogen and oxygen atoms in total. The smallest absolute Gasteiger partial charge is 0.251 e. The number of carbonyl (C=O) groups excluding carboxylic acids is 1. The number of carbonyl (C=O) groups is 1. The highest BCUT2D eigenvalue weighted by Crippen LogP contribution is 2.02. The van der Waals surface area contributed by atoms with Crippen molar-refractivity contribution in [1.82, 2.24) is 10.2 Å². The maximum atomic E-state index is 11.9. The molecule has 0 spiro atoms. The molecule has 0 saturated carbocycles. The Kier molecular flexibility index (Phi) is 5.33. The third-order valence-electron chi connectivity index (χ3n) is 3.11. The largest absolute Gasteiger partial charge is 0.351 e. The number of rotatable bonds is 6. The molecule has 0 bridgehead atoms. The van der Waals surface area contributed by atoms with E-state index < -0.39 is 0 Å². The SMILES string of the molecule is CN(CCNC(=O)c1ccccc1)Cc1ccccc1. The number of benzene rings is 2. The highest BCUT2D eigenvalue weighted by molar-refractivity contribution is 5.94. The van der Waals surface area contributed by atoms with Crippen molar-refractivity contribution in [2.75, 3.05) is 20.1 Å². The van der Waals surface area contributed by atoms with E-state index in [2.05, 4.69) is 29.4 Å². The Morgan fingerprint density at radius 1 is 1.00 bits per heavy atom. The molecule has 0 aliphatic rings. The average molecular weight is 268 g/mol. The van der Waals surface area contributed by atoms with Crippen LogP contribution in [-0.4, -0.2) is 30.9 Å². The van der Waals surface area contributed by atoms with Gasteiger partial charge in [-0.05, 0) is 24.7 Å². The van der Waals surface area contributed by atoms with Gasteiger partial charge in [0.2, 0.25) is 0 Å². The summed E-state index contributed by atoms with van der Waals surface area (Å²) in [6.45, 7) is 2.37. The minimum atomic E-state index is -0.0151. The number of nitrogens with zero attached hydrogens (tertiary/aromatic N) is 1. The molecule has 0 heterocycles. The first-order valence-electron chi connectivity index (χ1n) is 6.81. The van der Waals surface area contributed by atoms with Crippen molar-refractivity contribution in [3.8, 4) is 0 Å². The predicted molar refractivity (Wildman–Crippen MR) is 81.6 cm³/mol. The Labute approximate surface area is 120 Å². The Morgan fingerprint density at radius 2 is 1.60 bits per heavy atom. The molecule has 0 saturated heterocycles. The van der Waals surface area contributed by atoms with Gasteiger partial charge in [0.15, 0.2) is 0 Å². The summed E-state index contributed by atoms with van der Waals surface area (Å²) in [4.78, 5) is 14.0. The predicted octanol–water partition coefficient (Wildman–Crippen LogP) is 2.55. The molecule has 0 unspecified atom stereocenters. The van der Waals surface area contributed by atoms with Crippen LogP contribution in [0.1, 0.15) is 15.9 Å². The van der Waals surface area contributed by atoms with E-state index in [0.717, 1.165) is 13.1 Å². The van der Waals surface area contributed by atoms with Gasteiger partial charge >= 0.3 is 0 Å². The first kappa shape index (κ1) is 14.3. The number of nitrogens with one attached hydrogen (secondary N) is 1. The third-order valence-corrected chi connectivity index (χ3v) is 3.11. The number of likely N-dealkylation sites (N-methyl/N-ethyl adjacent to an activating group) is 1. The monoisotopic (exact) mass is 268 g/mol. The first-order chi connectivity index (χ1) is 9.75. The van der Waals surface area contributed by atoms with Crippen LogP contribution in [0.3, 0.4) is 0 Å². The Balaban J connectivity index is 1.72. The fourth-order valence-electron chi connectivity index (χ4n) is 2.03. The van der Waals surface area contributed by atoms with E-state index >= 15 is 0 Å². The van der Waals surface area contributed by atoms with Crippen LogP contribution < -0.4 is 5.32 Å². The molecule has 0 aliphatic heterocycles. The van der Waals surface area contributed by atoms with Crippen LogP contribution >= 0.6 is 0 Å². The quantitative estimate of drug-likeness (QED) is 0.873. The lowest BCUT2D eigenvalue weighted by molar-refractivity contribution is 0.0949. The lowest BCUT2D eigenvalue weighted by atomic mass is 10.2. The average Bonchev–Trinajstić information content (AvgIpc) is 2.49. The van der Waals surface area contributed by atoms with Crippen molar-refractivity contribution in [1.29, 1.82) is 0 Å². The molecule has 0 aliphatic carbocycles. The van der Waals surface area contributed by atoms with Crippen molar-refractivity contribution in [3.05, 3.63) is 71.8 Å². The van der Waals surface area contributed by atoms with Gasteiger partial charge in [-0.25, -0.2) is 0 Å². The molecule has 1 N–H and O–H groups in total. The molecule has 1 amide bonds. The van der Waals surface area contributed by atoms with Crippen molar-refractivity contribution >= 4 is 5.91 Å². The Hall–Kier alpha value is -2.13. The van der Waals surface area contributed by atoms with Crippen LogP contribution in [0.5, 0.6) is 0 Å². The van der Waals surface area contributed by atoms with Crippen LogP contribution in [-0.2, 0) is 6.54 Å². The maximum Gasteiger partial charge on any atom is 0.251 e. The number of hydrogen-bond donors (Lipinski definition) is 1. The minimum Gasteiger partial charge on any atom is -0.351 e.